The summed E-state index contributed by atoms with van der Waals surface area (Å²) < 4.78 is 29.4. The lowest BCUT2D eigenvalue weighted by Gasteiger charge is -2.35. The molecule has 140 valence electrons. The first-order valence-electron chi connectivity index (χ1n) is 8.51. The number of amides is 4. The predicted octanol–water partition coefficient (Wildman–Crippen LogP) is 3.24. The second-order valence-electron chi connectivity index (χ2n) is 6.24. The molecule has 1 fully saturated rings. The highest BCUT2D eigenvalue weighted by molar-refractivity contribution is 6.14. The third-order valence-corrected chi connectivity index (χ3v) is 4.31. The Morgan fingerprint density at radius 1 is 0.704 bits per heavy atom. The molecule has 0 bridgehead atoms. The van der Waals surface area contributed by atoms with Crippen LogP contribution in [0.5, 0.6) is 0 Å². The van der Waals surface area contributed by atoms with Crippen LogP contribution in [0, 0.1) is 0 Å². The second-order valence-corrected chi connectivity index (χ2v) is 6.24. The van der Waals surface area contributed by atoms with Crippen molar-refractivity contribution in [2.45, 2.75) is 31.9 Å². The van der Waals surface area contributed by atoms with Crippen molar-refractivity contribution in [1.29, 1.82) is 0 Å². The largest absolute Gasteiger partial charge is 0.338 e. The standard InChI is InChI=1S/C20H18F2N2O3/c21-16(11-14-7-3-1-4-8-14)23-18(25)13-19(26)24(20(23)27)17(22)12-15-9-5-2-6-10-15/h1-10,16-17H,11-13H2/t16-,17-/m1/s1. The molecule has 0 N–H and O–H groups in total. The van der Waals surface area contributed by atoms with Crippen LogP contribution in [0.4, 0.5) is 13.6 Å². The normalized spacial score (nSPS) is 17.2. The summed E-state index contributed by atoms with van der Waals surface area (Å²) in [6, 6.07) is 15.7. The predicted molar refractivity (Wildman–Crippen MR) is 93.8 cm³/mol. The molecule has 0 aliphatic carbocycles. The molecule has 0 aromatic heterocycles. The first-order valence-corrected chi connectivity index (χ1v) is 8.51. The van der Waals surface area contributed by atoms with Crippen LogP contribution >= 0.6 is 0 Å². The number of carbonyl (C=O) groups is 3. The van der Waals surface area contributed by atoms with E-state index in [1.807, 2.05) is 0 Å². The molecule has 1 aliphatic heterocycles. The maximum Gasteiger partial charge on any atom is 0.338 e. The van der Waals surface area contributed by atoms with Crippen LogP contribution in [0.3, 0.4) is 0 Å². The lowest BCUT2D eigenvalue weighted by Crippen LogP contribution is -2.60. The zero-order valence-corrected chi connectivity index (χ0v) is 14.4. The molecule has 27 heavy (non-hydrogen) atoms. The van der Waals surface area contributed by atoms with E-state index in [-0.39, 0.29) is 12.8 Å². The number of urea groups is 1. The van der Waals surface area contributed by atoms with Gasteiger partial charge >= 0.3 is 6.03 Å². The van der Waals surface area contributed by atoms with Gasteiger partial charge in [-0.3, -0.25) is 9.59 Å². The molecular weight excluding hydrogens is 354 g/mol. The highest BCUT2D eigenvalue weighted by Gasteiger charge is 2.45. The first-order chi connectivity index (χ1) is 13.0. The van der Waals surface area contributed by atoms with Gasteiger partial charge in [0.25, 0.3) is 0 Å². The number of halogens is 2. The molecule has 0 unspecified atom stereocenters. The summed E-state index contributed by atoms with van der Waals surface area (Å²) in [4.78, 5) is 37.4. The van der Waals surface area contributed by atoms with Crippen molar-refractivity contribution in [3.05, 3.63) is 71.8 Å². The number of barbiturate groups is 1. The lowest BCUT2D eigenvalue weighted by atomic mass is 10.1. The summed E-state index contributed by atoms with van der Waals surface area (Å²) in [7, 11) is 0. The molecule has 1 aliphatic rings. The van der Waals surface area contributed by atoms with Crippen molar-refractivity contribution in [2.24, 2.45) is 0 Å². The number of benzene rings is 2. The van der Waals surface area contributed by atoms with Crippen LogP contribution in [-0.2, 0) is 22.4 Å². The topological polar surface area (TPSA) is 57.7 Å². The second kappa shape index (κ2) is 8.07. The number of hydrogen-bond acceptors (Lipinski definition) is 3. The third-order valence-electron chi connectivity index (χ3n) is 4.31. The number of imide groups is 2. The van der Waals surface area contributed by atoms with Gasteiger partial charge in [-0.1, -0.05) is 60.7 Å². The maximum absolute atomic E-state index is 14.7. The fourth-order valence-electron chi connectivity index (χ4n) is 2.98. The van der Waals surface area contributed by atoms with Crippen LogP contribution < -0.4 is 0 Å². The smallest absolute Gasteiger partial charge is 0.274 e. The third kappa shape index (κ3) is 4.19. The Balaban J connectivity index is 1.76. The summed E-state index contributed by atoms with van der Waals surface area (Å²) in [6.07, 6.45) is -5.15. The highest BCUT2D eigenvalue weighted by atomic mass is 19.1. The maximum atomic E-state index is 14.7. The van der Waals surface area contributed by atoms with Gasteiger partial charge in [0.15, 0.2) is 12.6 Å². The molecule has 1 heterocycles. The quantitative estimate of drug-likeness (QED) is 0.578. The van der Waals surface area contributed by atoms with Crippen LogP contribution in [-0.4, -0.2) is 40.2 Å². The first kappa shape index (κ1) is 18.7. The summed E-state index contributed by atoms with van der Waals surface area (Å²) in [5, 5.41) is 0. The minimum atomic E-state index is -1.98. The van der Waals surface area contributed by atoms with Gasteiger partial charge < -0.3 is 0 Å². The minimum absolute atomic E-state index is 0.226. The zero-order chi connectivity index (χ0) is 19.4. The van der Waals surface area contributed by atoms with Crippen molar-refractivity contribution in [1.82, 2.24) is 9.80 Å². The van der Waals surface area contributed by atoms with Gasteiger partial charge in [0.2, 0.25) is 11.8 Å². The van der Waals surface area contributed by atoms with Crippen molar-refractivity contribution in [2.75, 3.05) is 0 Å². The van der Waals surface area contributed by atoms with E-state index in [0.717, 1.165) is 0 Å². The lowest BCUT2D eigenvalue weighted by molar-refractivity contribution is -0.149. The SMILES string of the molecule is O=C1CC(=O)N([C@@H](F)Cc2ccccc2)C(=O)N1[C@@H](F)Cc1ccccc1. The molecular formula is C20H18F2N2O3. The summed E-state index contributed by atoms with van der Waals surface area (Å²) in [5.74, 6) is -1.92. The molecule has 0 spiro atoms. The fraction of sp³-hybridized carbons (Fsp3) is 0.250. The molecule has 2 aromatic rings. The zero-order valence-electron chi connectivity index (χ0n) is 14.4. The van der Waals surface area contributed by atoms with Gasteiger partial charge in [-0.15, -0.1) is 0 Å². The van der Waals surface area contributed by atoms with Crippen molar-refractivity contribution in [3.8, 4) is 0 Å². The fourth-order valence-corrected chi connectivity index (χ4v) is 2.98. The van der Waals surface area contributed by atoms with E-state index in [4.69, 9.17) is 0 Å². The van der Waals surface area contributed by atoms with E-state index in [1.165, 1.54) is 0 Å². The van der Waals surface area contributed by atoms with E-state index in [1.54, 1.807) is 60.7 Å². The van der Waals surface area contributed by atoms with Crippen LogP contribution in [0.2, 0.25) is 0 Å². The number of hydrogen-bond donors (Lipinski definition) is 0. The van der Waals surface area contributed by atoms with Crippen molar-refractivity contribution in [3.63, 3.8) is 0 Å². The number of rotatable bonds is 6. The molecule has 5 nitrogen and oxygen atoms in total. The molecule has 0 saturated carbocycles. The average molecular weight is 372 g/mol. The minimum Gasteiger partial charge on any atom is -0.274 e. The molecule has 2 aromatic carbocycles. The highest BCUT2D eigenvalue weighted by Crippen LogP contribution is 2.23. The van der Waals surface area contributed by atoms with Crippen molar-refractivity contribution >= 4 is 17.8 Å². The van der Waals surface area contributed by atoms with Gasteiger partial charge in [0, 0.05) is 12.8 Å². The molecule has 7 heteroatoms. The Morgan fingerprint density at radius 3 is 1.44 bits per heavy atom. The van der Waals surface area contributed by atoms with Gasteiger partial charge in [-0.2, -0.15) is 0 Å². The van der Waals surface area contributed by atoms with Crippen LogP contribution in [0.1, 0.15) is 17.5 Å². The molecule has 0 radical (unpaired) electrons. The average Bonchev–Trinajstić information content (AvgIpc) is 2.63. The van der Waals surface area contributed by atoms with Crippen LogP contribution in [0.15, 0.2) is 60.7 Å². The Hall–Kier alpha value is -3.09. The summed E-state index contributed by atoms with van der Waals surface area (Å²) >= 11 is 0. The molecule has 3 rings (SSSR count). The molecule has 4 amide bonds. The van der Waals surface area contributed by atoms with E-state index in [0.29, 0.717) is 20.9 Å². The Labute approximate surface area is 155 Å². The van der Waals surface area contributed by atoms with Gasteiger partial charge in [0.1, 0.15) is 6.42 Å². The van der Waals surface area contributed by atoms with Gasteiger partial charge in [0.05, 0.1) is 0 Å². The Kier molecular flexibility index (Phi) is 5.59. The number of nitrogens with zero attached hydrogens (tertiary/aromatic N) is 2. The Morgan fingerprint density at radius 2 is 1.07 bits per heavy atom. The van der Waals surface area contributed by atoms with Gasteiger partial charge in [-0.25, -0.2) is 23.4 Å². The molecule has 2 atom stereocenters. The van der Waals surface area contributed by atoms with E-state index >= 15 is 0 Å². The van der Waals surface area contributed by atoms with Gasteiger partial charge in [-0.05, 0) is 11.1 Å². The van der Waals surface area contributed by atoms with Crippen LogP contribution in [0.25, 0.3) is 0 Å². The number of carbonyl (C=O) groups excluding carboxylic acids is 3. The molecule has 1 saturated heterocycles. The van der Waals surface area contributed by atoms with Crippen molar-refractivity contribution < 1.29 is 23.2 Å². The van der Waals surface area contributed by atoms with E-state index in [2.05, 4.69) is 0 Å². The summed E-state index contributed by atoms with van der Waals surface area (Å²) in [5.41, 5.74) is 1.16. The van der Waals surface area contributed by atoms with E-state index in [9.17, 15) is 23.2 Å². The monoisotopic (exact) mass is 372 g/mol. The van der Waals surface area contributed by atoms with E-state index < -0.39 is 36.9 Å². The summed E-state index contributed by atoms with van der Waals surface area (Å²) in [6.45, 7) is 0. The Bertz CT molecular complexity index is 762. The number of alkyl halides is 2.